The maximum atomic E-state index is 12.0. The summed E-state index contributed by atoms with van der Waals surface area (Å²) in [7, 11) is 0. The number of rotatable bonds is 0. The summed E-state index contributed by atoms with van der Waals surface area (Å²) in [6.45, 7) is 6.05. The zero-order chi connectivity index (χ0) is 12.0. The molecule has 0 unspecified atom stereocenters. The third-order valence-electron chi connectivity index (χ3n) is 3.39. The minimum atomic E-state index is -0.498. The third kappa shape index (κ3) is 1.70. The van der Waals surface area contributed by atoms with E-state index in [9.17, 15) is 9.59 Å². The maximum Gasteiger partial charge on any atom is 0.411 e. The van der Waals surface area contributed by atoms with Gasteiger partial charge in [0.15, 0.2) is 5.78 Å². The van der Waals surface area contributed by atoms with Gasteiger partial charge in [0.05, 0.1) is 0 Å². The molecule has 0 aromatic carbocycles. The fraction of sp³-hybridized carbons (Fsp3) is 0.833. The highest BCUT2D eigenvalue weighted by atomic mass is 16.6. The van der Waals surface area contributed by atoms with Gasteiger partial charge in [-0.3, -0.25) is 9.69 Å². The molecule has 0 bridgehead atoms. The molecular weight excluding hydrogens is 206 g/mol. The van der Waals surface area contributed by atoms with Crippen molar-refractivity contribution in [2.75, 3.05) is 6.54 Å². The Morgan fingerprint density at radius 1 is 1.38 bits per heavy atom. The lowest BCUT2D eigenvalue weighted by Crippen LogP contribution is -2.56. The van der Waals surface area contributed by atoms with E-state index in [1.807, 2.05) is 20.8 Å². The Balaban J connectivity index is 2.10. The lowest BCUT2D eigenvalue weighted by Gasteiger charge is -2.44. The molecule has 0 N–H and O–H groups in total. The van der Waals surface area contributed by atoms with Crippen molar-refractivity contribution >= 4 is 11.9 Å². The SMILES string of the molecule is CC(C)(C)OC(=O)N1CCC(=O)C12CCC2. The number of ether oxygens (including phenoxy) is 1. The molecule has 16 heavy (non-hydrogen) atoms. The van der Waals surface area contributed by atoms with E-state index >= 15 is 0 Å². The van der Waals surface area contributed by atoms with Crippen molar-refractivity contribution in [3.05, 3.63) is 0 Å². The van der Waals surface area contributed by atoms with Crippen molar-refractivity contribution in [1.29, 1.82) is 0 Å². The number of amides is 1. The van der Waals surface area contributed by atoms with Gasteiger partial charge in [0.25, 0.3) is 0 Å². The van der Waals surface area contributed by atoms with Crippen LogP contribution in [0, 0.1) is 0 Å². The van der Waals surface area contributed by atoms with Crippen LogP contribution in [0.15, 0.2) is 0 Å². The molecule has 4 nitrogen and oxygen atoms in total. The van der Waals surface area contributed by atoms with Crippen LogP contribution < -0.4 is 0 Å². The molecule has 1 aliphatic heterocycles. The summed E-state index contributed by atoms with van der Waals surface area (Å²) in [5.41, 5.74) is -0.990. The molecule has 1 saturated heterocycles. The molecule has 0 aromatic heterocycles. The predicted octanol–water partition coefficient (Wildman–Crippen LogP) is 2.12. The Labute approximate surface area is 95.9 Å². The van der Waals surface area contributed by atoms with Crippen LogP contribution >= 0.6 is 0 Å². The molecule has 1 aliphatic carbocycles. The average molecular weight is 225 g/mol. The summed E-state index contributed by atoms with van der Waals surface area (Å²) in [5, 5.41) is 0. The number of hydrogen-bond donors (Lipinski definition) is 0. The lowest BCUT2D eigenvalue weighted by atomic mass is 9.74. The van der Waals surface area contributed by atoms with Gasteiger partial charge in [0.2, 0.25) is 0 Å². The molecule has 1 amide bonds. The third-order valence-corrected chi connectivity index (χ3v) is 3.39. The molecule has 90 valence electrons. The van der Waals surface area contributed by atoms with Crippen LogP contribution in [-0.2, 0) is 9.53 Å². The number of carbonyl (C=O) groups is 2. The molecule has 0 radical (unpaired) electrons. The van der Waals surface area contributed by atoms with Crippen molar-refractivity contribution < 1.29 is 14.3 Å². The smallest absolute Gasteiger partial charge is 0.411 e. The number of carbonyl (C=O) groups excluding carboxylic acids is 2. The normalized spacial score (nSPS) is 23.4. The first-order valence-corrected chi connectivity index (χ1v) is 5.89. The fourth-order valence-electron chi connectivity index (χ4n) is 2.45. The summed E-state index contributed by atoms with van der Waals surface area (Å²) in [6, 6.07) is 0. The molecule has 1 spiro atoms. The van der Waals surface area contributed by atoms with Crippen molar-refractivity contribution in [3.8, 4) is 0 Å². The topological polar surface area (TPSA) is 46.6 Å². The van der Waals surface area contributed by atoms with Crippen LogP contribution in [0.5, 0.6) is 0 Å². The Kier molecular flexibility index (Phi) is 2.48. The van der Waals surface area contributed by atoms with Crippen LogP contribution in [0.25, 0.3) is 0 Å². The first kappa shape index (κ1) is 11.4. The van der Waals surface area contributed by atoms with E-state index in [1.54, 1.807) is 4.90 Å². The largest absolute Gasteiger partial charge is 0.444 e. The molecule has 1 heterocycles. The molecule has 2 rings (SSSR count). The molecule has 1 saturated carbocycles. The van der Waals surface area contributed by atoms with Crippen LogP contribution in [0.4, 0.5) is 4.79 Å². The first-order chi connectivity index (χ1) is 7.35. The second-order valence-corrected chi connectivity index (χ2v) is 5.69. The van der Waals surface area contributed by atoms with Gasteiger partial charge in [0, 0.05) is 13.0 Å². The van der Waals surface area contributed by atoms with E-state index in [0.29, 0.717) is 13.0 Å². The summed E-state index contributed by atoms with van der Waals surface area (Å²) in [4.78, 5) is 25.4. The highest BCUT2D eigenvalue weighted by molar-refractivity contribution is 5.95. The maximum absolute atomic E-state index is 12.0. The van der Waals surface area contributed by atoms with Crippen molar-refractivity contribution in [2.24, 2.45) is 0 Å². The molecule has 2 aliphatic rings. The van der Waals surface area contributed by atoms with Crippen LogP contribution in [0.1, 0.15) is 46.5 Å². The van der Waals surface area contributed by atoms with E-state index in [2.05, 4.69) is 0 Å². The van der Waals surface area contributed by atoms with Gasteiger partial charge in [-0.2, -0.15) is 0 Å². The average Bonchev–Trinajstić information content (AvgIpc) is 2.38. The summed E-state index contributed by atoms with van der Waals surface area (Å²) in [6.07, 6.45) is 2.80. The minimum absolute atomic E-state index is 0.213. The van der Waals surface area contributed by atoms with Gasteiger partial charge in [0.1, 0.15) is 11.1 Å². The Hall–Kier alpha value is -1.06. The Morgan fingerprint density at radius 2 is 2.00 bits per heavy atom. The van der Waals surface area contributed by atoms with Crippen LogP contribution in [-0.4, -0.2) is 34.5 Å². The van der Waals surface area contributed by atoms with E-state index in [-0.39, 0.29) is 11.9 Å². The quantitative estimate of drug-likeness (QED) is 0.634. The van der Waals surface area contributed by atoms with E-state index in [4.69, 9.17) is 4.74 Å². The fourth-order valence-corrected chi connectivity index (χ4v) is 2.45. The van der Waals surface area contributed by atoms with Gasteiger partial charge >= 0.3 is 6.09 Å². The van der Waals surface area contributed by atoms with E-state index < -0.39 is 11.1 Å². The predicted molar refractivity (Wildman–Crippen MR) is 59.1 cm³/mol. The number of hydrogen-bond acceptors (Lipinski definition) is 3. The second kappa shape index (κ2) is 3.47. The Bertz CT molecular complexity index is 326. The monoisotopic (exact) mass is 225 g/mol. The number of ketones is 1. The number of nitrogens with zero attached hydrogens (tertiary/aromatic N) is 1. The lowest BCUT2D eigenvalue weighted by molar-refractivity contribution is -0.129. The van der Waals surface area contributed by atoms with Gasteiger partial charge in [-0.05, 0) is 40.0 Å². The van der Waals surface area contributed by atoms with Crippen molar-refractivity contribution in [1.82, 2.24) is 4.90 Å². The first-order valence-electron chi connectivity index (χ1n) is 5.89. The molecule has 0 atom stereocenters. The minimum Gasteiger partial charge on any atom is -0.444 e. The van der Waals surface area contributed by atoms with Crippen molar-refractivity contribution in [2.45, 2.75) is 57.6 Å². The Morgan fingerprint density at radius 3 is 2.44 bits per heavy atom. The van der Waals surface area contributed by atoms with Gasteiger partial charge < -0.3 is 4.74 Å². The summed E-state index contributed by atoms with van der Waals surface area (Å²) >= 11 is 0. The van der Waals surface area contributed by atoms with E-state index in [1.165, 1.54) is 0 Å². The zero-order valence-corrected chi connectivity index (χ0v) is 10.2. The molecule has 2 fully saturated rings. The second-order valence-electron chi connectivity index (χ2n) is 5.69. The van der Waals surface area contributed by atoms with Crippen molar-refractivity contribution in [3.63, 3.8) is 0 Å². The molecule has 4 heteroatoms. The summed E-state index contributed by atoms with van der Waals surface area (Å²) in [5.74, 6) is 0.213. The summed E-state index contributed by atoms with van der Waals surface area (Å²) < 4.78 is 5.34. The van der Waals surface area contributed by atoms with E-state index in [0.717, 1.165) is 19.3 Å². The molecular formula is C12H19NO3. The van der Waals surface area contributed by atoms with Crippen LogP contribution in [0.3, 0.4) is 0 Å². The molecule has 0 aromatic rings. The highest BCUT2D eigenvalue weighted by Gasteiger charge is 2.55. The van der Waals surface area contributed by atoms with Gasteiger partial charge in [-0.25, -0.2) is 4.79 Å². The number of likely N-dealkylation sites (tertiary alicyclic amines) is 1. The standard InChI is InChI=1S/C12H19NO3/c1-11(2,3)16-10(15)13-8-5-9(14)12(13)6-4-7-12/h4-8H2,1-3H3. The van der Waals surface area contributed by atoms with Gasteiger partial charge in [-0.15, -0.1) is 0 Å². The van der Waals surface area contributed by atoms with Crippen LogP contribution in [0.2, 0.25) is 0 Å². The number of Topliss-reactive ketones (excluding diaryl/α,β-unsaturated/α-hetero) is 1. The zero-order valence-electron chi connectivity index (χ0n) is 10.2. The highest BCUT2D eigenvalue weighted by Crippen LogP contribution is 2.43. The van der Waals surface area contributed by atoms with Gasteiger partial charge in [-0.1, -0.05) is 0 Å².